The number of rotatable bonds is 10. The van der Waals surface area contributed by atoms with Crippen molar-refractivity contribution < 1.29 is 64.9 Å². The van der Waals surface area contributed by atoms with Crippen LogP contribution in [0, 0.1) is 53.1 Å². The van der Waals surface area contributed by atoms with E-state index in [0.29, 0.717) is 29.8 Å². The van der Waals surface area contributed by atoms with Gasteiger partial charge in [0.25, 0.3) is 12.7 Å². The Kier molecular flexibility index (Phi) is 28.6. The first kappa shape index (κ1) is 85.0. The molecule has 6 heterocycles. The van der Waals surface area contributed by atoms with Crippen molar-refractivity contribution in [2.45, 2.75) is 170 Å². The normalized spacial score (nSPS) is 12.9. The summed E-state index contributed by atoms with van der Waals surface area (Å²) in [5.74, 6) is 1.37. The van der Waals surface area contributed by atoms with Gasteiger partial charge >= 0.3 is 34.1 Å². The van der Waals surface area contributed by atoms with Gasteiger partial charge < -0.3 is 28.7 Å². The fourth-order valence-electron chi connectivity index (χ4n) is 17.0. The van der Waals surface area contributed by atoms with Crippen LogP contribution in [0.4, 0.5) is 0 Å². The van der Waals surface area contributed by atoms with Crippen LogP contribution in [-0.4, -0.2) is 13.7 Å². The van der Waals surface area contributed by atoms with Crippen LogP contribution >= 0.6 is 0 Å². The van der Waals surface area contributed by atoms with Gasteiger partial charge in [-0.15, -0.1) is 44.7 Å². The summed E-state index contributed by atoms with van der Waals surface area (Å²) in [6, 6.07) is 94.7. The quantitative estimate of drug-likeness (QED) is 0.0778. The van der Waals surface area contributed by atoms with Crippen molar-refractivity contribution >= 4 is 87.5 Å². The van der Waals surface area contributed by atoms with Gasteiger partial charge in [0, 0.05) is 40.5 Å². The van der Waals surface area contributed by atoms with E-state index in [0.717, 1.165) is 55.5 Å². The second-order valence-corrected chi connectivity index (χ2v) is 31.8. The molecule has 0 saturated heterocycles. The molecule has 18 aromatic rings. The van der Waals surface area contributed by atoms with E-state index in [1.54, 1.807) is 0 Å². The molecule has 2 fully saturated rings. The minimum atomic E-state index is 0. The predicted octanol–water partition coefficient (Wildman–Crippen LogP) is 25.0. The third-order valence-electron chi connectivity index (χ3n) is 22.4. The van der Waals surface area contributed by atoms with Crippen molar-refractivity contribution in [1.82, 2.24) is 28.7 Å². The Hall–Kier alpha value is -10.4. The van der Waals surface area contributed by atoms with Crippen molar-refractivity contribution in [1.29, 1.82) is 0 Å². The Balaban J connectivity index is 0.000000131. The van der Waals surface area contributed by atoms with Gasteiger partial charge in [0.05, 0.1) is 45.9 Å². The van der Waals surface area contributed by atoms with E-state index in [-0.39, 0.29) is 51.2 Å². The topological polar surface area (TPSA) is 68.7 Å². The average Bonchev–Trinajstić information content (AvgIpc) is 1.62. The van der Waals surface area contributed by atoms with Crippen molar-refractivity contribution in [2.75, 3.05) is 0 Å². The maximum absolute atomic E-state index is 4.52. The molecule has 2 saturated carbocycles. The molecule has 9 nitrogen and oxygen atoms in total. The molecule has 116 heavy (non-hydrogen) atoms. The molecule has 0 atom stereocenters. The van der Waals surface area contributed by atoms with Crippen LogP contribution in [0.1, 0.15) is 187 Å². The molecule has 0 aliphatic heterocycles. The van der Waals surface area contributed by atoms with E-state index in [2.05, 4.69) is 387 Å². The maximum atomic E-state index is 4.52. The Morgan fingerprint density at radius 3 is 1.23 bits per heavy atom. The van der Waals surface area contributed by atoms with Crippen molar-refractivity contribution in [2.24, 2.45) is 0 Å². The number of fused-ring (bicyclic) bond motifs is 11. The van der Waals surface area contributed by atoms with E-state index < -0.39 is 0 Å². The molecule has 0 amide bonds. The SMILES string of the molecule is C[CH-]c1cccc(C(C)C)c1-n1[c-][n+](-c2c(C(C)C)cccc2C(C)C)cc1.Cc1cc(C)cc(-n2[c-][n+](-c3cc(C)cc(C)c3)c3ccccc32)c1.[Cu+2].[Cu+2].[Cu].[c-]1n(C2CCCCC2)c2ccccc2[n+]1C1CCCCC1.c1ccc2c(c1)[n-]c1ccccc12.c1ccc2c(c1)[n-]c1ccccc12.c1ccc2c(c1)[n-]c1ccccc12. The van der Waals surface area contributed by atoms with Gasteiger partial charge in [0.1, 0.15) is 0 Å². The largest absolute Gasteiger partial charge is 2.00 e. The van der Waals surface area contributed by atoms with Crippen LogP contribution in [0.2, 0.25) is 0 Å². The summed E-state index contributed by atoms with van der Waals surface area (Å²) in [5.41, 5.74) is 26.8. The van der Waals surface area contributed by atoms with Crippen LogP contribution in [0.15, 0.2) is 279 Å². The van der Waals surface area contributed by atoms with Gasteiger partial charge in [0.15, 0.2) is 0 Å². The standard InChI is InChI=1S/C26H33N2.C23H22N2.C19H26N2.3C12H8N.3Cu/c1-8-21-11-9-12-22(18(2)3)25(21)27-15-16-28(17-27)26-23(19(4)5)13-10-14-24(26)20(6)7;1-16-9-17(2)12-20(11-16)24-15-25(23-8-6-5-7-22(23)24)21-13-18(3)10-19(4)14-21;1-3-9-16(10-4-1)20-15-21(17-11-5-2-6-12-17)19-14-8-7-13-18(19)20;3*1-3-7-11-9(5-1)10-6-2-4-8-12(10)13-11;;;/h8-16,18-20H,1-7H3;5-14H,1-4H3;7-8,13-14,16-17H,1-6,9-12H2;3*1-8H;;;/q-1;;;3*-1;;2*+2. The zero-order valence-electron chi connectivity index (χ0n) is 68.5. The Morgan fingerprint density at radius 1 is 0.397 bits per heavy atom. The van der Waals surface area contributed by atoms with E-state index in [1.807, 2.05) is 36.4 Å². The molecular formula is C104H105Cu3N9. The molecule has 599 valence electrons. The Morgan fingerprint density at radius 2 is 0.784 bits per heavy atom. The summed E-state index contributed by atoms with van der Waals surface area (Å²) in [6.45, 7) is 24.2. The summed E-state index contributed by atoms with van der Waals surface area (Å²) >= 11 is 0. The van der Waals surface area contributed by atoms with Crippen molar-refractivity contribution in [3.8, 4) is 22.7 Å². The minimum Gasteiger partial charge on any atom is -0.657 e. The number of aryl methyl sites for hydroxylation is 4. The molecule has 0 unspecified atom stereocenters. The van der Waals surface area contributed by atoms with Gasteiger partial charge in [-0.3, -0.25) is 13.7 Å². The zero-order valence-corrected chi connectivity index (χ0v) is 71.3. The van der Waals surface area contributed by atoms with E-state index >= 15 is 0 Å². The van der Waals surface area contributed by atoms with E-state index in [4.69, 9.17) is 0 Å². The first-order valence-electron chi connectivity index (χ1n) is 41.0. The summed E-state index contributed by atoms with van der Waals surface area (Å²) in [7, 11) is 0. The van der Waals surface area contributed by atoms with Gasteiger partial charge in [-0.2, -0.15) is 12.5 Å². The van der Waals surface area contributed by atoms with Gasteiger partial charge in [-0.1, -0.05) is 314 Å². The second-order valence-electron chi connectivity index (χ2n) is 31.8. The summed E-state index contributed by atoms with van der Waals surface area (Å²) < 4.78 is 13.6. The van der Waals surface area contributed by atoms with Gasteiger partial charge in [-0.05, 0) is 170 Å². The van der Waals surface area contributed by atoms with E-state index in [1.165, 1.54) is 163 Å². The molecule has 0 N–H and O–H groups in total. The first-order chi connectivity index (χ1) is 55.1. The average molecular weight is 1670 g/mol. The Bertz CT molecular complexity index is 5680. The maximum Gasteiger partial charge on any atom is 2.00 e. The molecule has 3 radical (unpaired) electrons. The summed E-state index contributed by atoms with van der Waals surface area (Å²) in [4.78, 5) is 13.5. The molecular weight excluding hydrogens is 1570 g/mol. The molecule has 20 rings (SSSR count). The summed E-state index contributed by atoms with van der Waals surface area (Å²) in [6.07, 6.45) is 31.1. The van der Waals surface area contributed by atoms with Crippen LogP contribution in [0.3, 0.4) is 0 Å². The molecule has 6 aromatic heterocycles. The number of imidazole rings is 3. The van der Waals surface area contributed by atoms with Crippen LogP contribution in [0.5, 0.6) is 0 Å². The fraction of sp³-hybridized carbons (Fsp3) is 0.250. The molecule has 12 aromatic carbocycles. The van der Waals surface area contributed by atoms with Crippen molar-refractivity contribution in [3.05, 3.63) is 349 Å². The number of benzene rings is 12. The van der Waals surface area contributed by atoms with Gasteiger partial charge in [-0.25, -0.2) is 0 Å². The monoisotopic (exact) mass is 1670 g/mol. The number of para-hydroxylation sites is 12. The zero-order chi connectivity index (χ0) is 78.1. The van der Waals surface area contributed by atoms with Crippen LogP contribution in [0.25, 0.3) is 110 Å². The van der Waals surface area contributed by atoms with E-state index in [9.17, 15) is 0 Å². The first-order valence-corrected chi connectivity index (χ1v) is 41.0. The van der Waals surface area contributed by atoms with Crippen LogP contribution < -0.4 is 28.7 Å². The third-order valence-corrected chi connectivity index (χ3v) is 22.4. The molecule has 2 aliphatic rings. The smallest absolute Gasteiger partial charge is 0.657 e. The third kappa shape index (κ3) is 18.8. The number of hydrogen-bond donors (Lipinski definition) is 0. The molecule has 12 heteroatoms. The summed E-state index contributed by atoms with van der Waals surface area (Å²) in [5, 5.41) is 7.49. The fourth-order valence-corrected chi connectivity index (χ4v) is 17.0. The molecule has 2 aliphatic carbocycles. The van der Waals surface area contributed by atoms with Gasteiger partial charge in [0.2, 0.25) is 6.33 Å². The Labute approximate surface area is 717 Å². The van der Waals surface area contributed by atoms with Crippen molar-refractivity contribution in [3.63, 3.8) is 0 Å². The predicted molar refractivity (Wildman–Crippen MR) is 470 cm³/mol. The number of hydrogen-bond acceptors (Lipinski definition) is 0. The second kappa shape index (κ2) is 39.0. The number of nitrogens with zero attached hydrogens (tertiary/aromatic N) is 9. The molecule has 0 spiro atoms. The van der Waals surface area contributed by atoms with Crippen LogP contribution in [-0.2, 0) is 51.2 Å². The molecule has 0 bridgehead atoms. The minimum absolute atomic E-state index is 0. The number of aromatic nitrogens is 9.